The van der Waals surface area contributed by atoms with E-state index in [0.29, 0.717) is 10.6 Å². The van der Waals surface area contributed by atoms with Crippen molar-refractivity contribution >= 4 is 34.6 Å². The molecule has 1 amide bonds. The number of anilines is 1. The zero-order valence-electron chi connectivity index (χ0n) is 9.68. The summed E-state index contributed by atoms with van der Waals surface area (Å²) in [5, 5.41) is 0.583. The molecule has 0 aliphatic rings. The molecule has 0 radical (unpaired) electrons. The van der Waals surface area contributed by atoms with E-state index in [4.69, 9.17) is 11.6 Å². The van der Waals surface area contributed by atoms with Gasteiger partial charge in [0, 0.05) is 17.2 Å². The number of ketones is 1. The van der Waals surface area contributed by atoms with Crippen LogP contribution in [-0.4, -0.2) is 24.4 Å². The highest BCUT2D eigenvalue weighted by atomic mass is 35.5. The van der Waals surface area contributed by atoms with Gasteiger partial charge in [0.1, 0.15) is 0 Å². The SMILES string of the molecule is COC(=O)N(OC(=O)Cl)c1ccc(C(C)=O)cc1. The van der Waals surface area contributed by atoms with Crippen LogP contribution < -0.4 is 5.06 Å². The number of hydroxylamine groups is 1. The number of rotatable bonds is 2. The summed E-state index contributed by atoms with van der Waals surface area (Å²) in [5.41, 5.74) is -0.516. The van der Waals surface area contributed by atoms with Crippen molar-refractivity contribution in [3.05, 3.63) is 29.8 Å². The number of hydrogen-bond donors (Lipinski definition) is 0. The molecule has 7 heteroatoms. The van der Waals surface area contributed by atoms with E-state index in [-0.39, 0.29) is 11.5 Å². The van der Waals surface area contributed by atoms with Crippen molar-refractivity contribution in [2.45, 2.75) is 6.92 Å². The monoisotopic (exact) mass is 271 g/mol. The lowest BCUT2D eigenvalue weighted by atomic mass is 10.1. The molecular formula is C11H10ClNO5. The molecule has 0 aliphatic carbocycles. The summed E-state index contributed by atoms with van der Waals surface area (Å²) in [4.78, 5) is 37.6. The molecule has 0 atom stereocenters. The van der Waals surface area contributed by atoms with E-state index in [9.17, 15) is 14.4 Å². The number of ether oxygens (including phenoxy) is 1. The summed E-state index contributed by atoms with van der Waals surface area (Å²) in [6.07, 6.45) is -0.917. The summed E-state index contributed by atoms with van der Waals surface area (Å²) in [7, 11) is 1.13. The Hall–Kier alpha value is -2.08. The van der Waals surface area contributed by atoms with Crippen LogP contribution in [0.25, 0.3) is 0 Å². The minimum atomic E-state index is -1.18. The standard InChI is InChI=1S/C11H10ClNO5/c1-7(14)8-3-5-9(6-4-8)13(11(16)17-2)18-10(12)15/h3-6H,1-2H3. The summed E-state index contributed by atoms with van der Waals surface area (Å²) < 4.78 is 4.43. The average molecular weight is 272 g/mol. The van der Waals surface area contributed by atoms with Crippen LogP contribution in [-0.2, 0) is 9.57 Å². The predicted octanol–water partition coefficient (Wildman–Crippen LogP) is 2.75. The normalized spacial score (nSPS) is 9.50. The van der Waals surface area contributed by atoms with Crippen LogP contribution in [0.5, 0.6) is 0 Å². The largest absolute Gasteiger partial charge is 0.450 e. The van der Waals surface area contributed by atoms with Crippen molar-refractivity contribution in [1.82, 2.24) is 0 Å². The molecule has 6 nitrogen and oxygen atoms in total. The number of halogens is 1. The van der Waals surface area contributed by atoms with Crippen LogP contribution >= 0.6 is 11.6 Å². The van der Waals surface area contributed by atoms with Gasteiger partial charge in [0.15, 0.2) is 5.78 Å². The molecule has 96 valence electrons. The first-order valence-corrected chi connectivity index (χ1v) is 5.20. The molecule has 0 aromatic heterocycles. The van der Waals surface area contributed by atoms with Gasteiger partial charge in [-0.15, -0.1) is 5.06 Å². The fraction of sp³-hybridized carbons (Fsp3) is 0.182. The van der Waals surface area contributed by atoms with Crippen molar-refractivity contribution in [3.63, 3.8) is 0 Å². The van der Waals surface area contributed by atoms with E-state index in [2.05, 4.69) is 9.57 Å². The molecule has 1 aromatic carbocycles. The van der Waals surface area contributed by atoms with Crippen LogP contribution in [0.4, 0.5) is 15.3 Å². The van der Waals surface area contributed by atoms with Crippen LogP contribution in [0.1, 0.15) is 17.3 Å². The highest BCUT2D eigenvalue weighted by Gasteiger charge is 2.20. The Morgan fingerprint density at radius 2 is 1.72 bits per heavy atom. The molecule has 1 aromatic rings. The summed E-state index contributed by atoms with van der Waals surface area (Å²) >= 11 is 5.04. The molecule has 0 fully saturated rings. The maximum atomic E-state index is 11.4. The summed E-state index contributed by atoms with van der Waals surface area (Å²) in [6.45, 7) is 1.41. The summed E-state index contributed by atoms with van der Waals surface area (Å²) in [6, 6.07) is 5.81. The molecule has 0 N–H and O–H groups in total. The third kappa shape index (κ3) is 3.46. The van der Waals surface area contributed by atoms with E-state index in [0.717, 1.165) is 7.11 Å². The lowest BCUT2D eigenvalue weighted by Gasteiger charge is -2.17. The molecule has 0 spiro atoms. The Labute approximate surface area is 108 Å². The Bertz CT molecular complexity index is 471. The number of carbonyl (C=O) groups excluding carboxylic acids is 3. The lowest BCUT2D eigenvalue weighted by molar-refractivity contribution is 0.101. The van der Waals surface area contributed by atoms with Crippen molar-refractivity contribution < 1.29 is 24.0 Å². The van der Waals surface area contributed by atoms with Gasteiger partial charge in [-0.1, -0.05) is 0 Å². The lowest BCUT2D eigenvalue weighted by Crippen LogP contribution is -2.31. The first kappa shape index (κ1) is 14.0. The predicted molar refractivity (Wildman–Crippen MR) is 63.7 cm³/mol. The third-order valence-corrected chi connectivity index (χ3v) is 2.08. The van der Waals surface area contributed by atoms with Gasteiger partial charge in [-0.05, 0) is 31.2 Å². The van der Waals surface area contributed by atoms with Crippen LogP contribution in [0.2, 0.25) is 0 Å². The zero-order valence-corrected chi connectivity index (χ0v) is 10.4. The second-order valence-electron chi connectivity index (χ2n) is 3.20. The maximum Gasteiger partial charge on any atom is 0.448 e. The number of amides is 1. The molecule has 18 heavy (non-hydrogen) atoms. The van der Waals surface area contributed by atoms with E-state index in [1.807, 2.05) is 0 Å². The van der Waals surface area contributed by atoms with Crippen LogP contribution in [0.3, 0.4) is 0 Å². The van der Waals surface area contributed by atoms with Crippen LogP contribution in [0, 0.1) is 0 Å². The Morgan fingerprint density at radius 3 is 2.11 bits per heavy atom. The molecule has 0 bridgehead atoms. The van der Waals surface area contributed by atoms with Gasteiger partial charge < -0.3 is 9.57 Å². The quantitative estimate of drug-likeness (QED) is 0.470. The Kier molecular flexibility index (Phi) is 4.67. The van der Waals surface area contributed by atoms with Gasteiger partial charge in [0.2, 0.25) is 0 Å². The molecule has 0 aliphatic heterocycles. The highest BCUT2D eigenvalue weighted by molar-refractivity contribution is 6.61. The van der Waals surface area contributed by atoms with Crippen molar-refractivity contribution in [1.29, 1.82) is 0 Å². The number of nitrogens with zero attached hydrogens (tertiary/aromatic N) is 1. The van der Waals surface area contributed by atoms with E-state index >= 15 is 0 Å². The molecule has 0 heterocycles. The maximum absolute atomic E-state index is 11.4. The topological polar surface area (TPSA) is 72.9 Å². The van der Waals surface area contributed by atoms with Crippen molar-refractivity contribution in [2.75, 3.05) is 12.2 Å². The second kappa shape index (κ2) is 6.02. The minimum Gasteiger partial charge on any atom is -0.450 e. The number of hydrogen-bond acceptors (Lipinski definition) is 5. The molecular weight excluding hydrogens is 262 g/mol. The molecule has 1 rings (SSSR count). The second-order valence-corrected chi connectivity index (χ2v) is 3.50. The average Bonchev–Trinajstić information content (AvgIpc) is 2.35. The van der Waals surface area contributed by atoms with E-state index in [1.54, 1.807) is 0 Å². The highest BCUT2D eigenvalue weighted by Crippen LogP contribution is 2.18. The Balaban J connectivity index is 3.01. The zero-order chi connectivity index (χ0) is 13.7. The van der Waals surface area contributed by atoms with Gasteiger partial charge in [0.05, 0.1) is 12.8 Å². The van der Waals surface area contributed by atoms with Crippen molar-refractivity contribution in [3.8, 4) is 0 Å². The molecule has 0 unspecified atom stereocenters. The van der Waals surface area contributed by atoms with Crippen LogP contribution in [0.15, 0.2) is 24.3 Å². The molecule has 0 saturated heterocycles. The number of carbonyl (C=O) groups is 3. The van der Waals surface area contributed by atoms with Crippen molar-refractivity contribution in [2.24, 2.45) is 0 Å². The third-order valence-electron chi connectivity index (χ3n) is 2.01. The van der Waals surface area contributed by atoms with Gasteiger partial charge in [-0.2, -0.15) is 0 Å². The van der Waals surface area contributed by atoms with E-state index < -0.39 is 11.5 Å². The summed E-state index contributed by atoms with van der Waals surface area (Å²) in [5.74, 6) is -0.125. The number of methoxy groups -OCH3 is 1. The molecule has 0 saturated carbocycles. The number of Topliss-reactive ketones (excluding diaryl/α,β-unsaturated/α-hetero) is 1. The number of benzene rings is 1. The minimum absolute atomic E-state index is 0.125. The smallest absolute Gasteiger partial charge is 0.448 e. The first-order valence-electron chi connectivity index (χ1n) is 4.82. The van der Waals surface area contributed by atoms with Gasteiger partial charge in [-0.25, -0.2) is 9.59 Å². The fourth-order valence-corrected chi connectivity index (χ4v) is 1.25. The fourth-order valence-electron chi connectivity index (χ4n) is 1.18. The van der Waals surface area contributed by atoms with Gasteiger partial charge in [-0.3, -0.25) is 4.79 Å². The van der Waals surface area contributed by atoms with Gasteiger partial charge >= 0.3 is 11.5 Å². The van der Waals surface area contributed by atoms with Gasteiger partial charge in [0.25, 0.3) is 0 Å². The first-order chi connectivity index (χ1) is 8.45. The Morgan fingerprint density at radius 1 is 1.17 bits per heavy atom. The van der Waals surface area contributed by atoms with E-state index in [1.165, 1.54) is 31.2 Å².